The summed E-state index contributed by atoms with van der Waals surface area (Å²) in [7, 11) is -2.25. The second-order valence-electron chi connectivity index (χ2n) is 4.98. The molecule has 0 bridgehead atoms. The minimum Gasteiger partial charge on any atom is -0.326 e. The Labute approximate surface area is 122 Å². The fraction of sp³-hybridized carbons (Fsp3) is 0.500. The van der Waals surface area contributed by atoms with Gasteiger partial charge in [0.1, 0.15) is 4.90 Å². The summed E-state index contributed by atoms with van der Waals surface area (Å²) < 4.78 is 51.6. The number of nitrogens with two attached hydrogens (primary N) is 1. The van der Waals surface area contributed by atoms with Gasteiger partial charge in [-0.3, -0.25) is 0 Å². The molecule has 1 heterocycles. The first-order valence-electron chi connectivity index (χ1n) is 6.47. The third kappa shape index (κ3) is 3.74. The van der Waals surface area contributed by atoms with E-state index in [2.05, 4.69) is 4.83 Å². The maximum absolute atomic E-state index is 13.8. The average molecular weight is 320 g/mol. The summed E-state index contributed by atoms with van der Waals surface area (Å²) in [6.45, 7) is 2.23. The van der Waals surface area contributed by atoms with E-state index in [1.54, 1.807) is 0 Å². The lowest BCUT2D eigenvalue weighted by Gasteiger charge is -2.32. The van der Waals surface area contributed by atoms with E-state index in [4.69, 9.17) is 5.73 Å². The molecule has 0 radical (unpaired) electrons. The zero-order valence-corrected chi connectivity index (χ0v) is 12.5. The number of piperazine rings is 1. The highest BCUT2D eigenvalue weighted by Crippen LogP contribution is 2.20. The van der Waals surface area contributed by atoms with Gasteiger partial charge in [-0.1, -0.05) is 0 Å². The van der Waals surface area contributed by atoms with Crippen molar-refractivity contribution < 1.29 is 17.2 Å². The van der Waals surface area contributed by atoms with E-state index in [-0.39, 0.29) is 12.1 Å². The largest absolute Gasteiger partial charge is 0.326 e. The number of rotatable bonds is 4. The van der Waals surface area contributed by atoms with Gasteiger partial charge in [-0.15, -0.1) is 4.83 Å². The summed E-state index contributed by atoms with van der Waals surface area (Å²) in [5.74, 6) is -2.62. The van der Waals surface area contributed by atoms with E-state index >= 15 is 0 Å². The number of nitrogens with zero attached hydrogens (tertiary/aromatic N) is 2. The molecular weight excluding hydrogens is 302 g/mol. The first-order chi connectivity index (χ1) is 9.83. The quantitative estimate of drug-likeness (QED) is 0.808. The molecule has 1 aliphatic rings. The molecule has 0 saturated carbocycles. The van der Waals surface area contributed by atoms with Crippen LogP contribution in [0, 0.1) is 11.6 Å². The van der Waals surface area contributed by atoms with Crippen LogP contribution in [0.15, 0.2) is 17.0 Å². The molecule has 6 nitrogen and oxygen atoms in total. The fourth-order valence-electron chi connectivity index (χ4n) is 2.05. The summed E-state index contributed by atoms with van der Waals surface area (Å²) >= 11 is 0. The number of benzene rings is 1. The van der Waals surface area contributed by atoms with E-state index in [1.165, 1.54) is 5.01 Å². The van der Waals surface area contributed by atoms with Crippen molar-refractivity contribution in [2.24, 2.45) is 5.73 Å². The summed E-state index contributed by atoms with van der Waals surface area (Å²) in [5.41, 5.74) is 5.58. The summed E-state index contributed by atoms with van der Waals surface area (Å²) in [5, 5.41) is 1.47. The zero-order valence-electron chi connectivity index (χ0n) is 11.6. The van der Waals surface area contributed by atoms with Gasteiger partial charge >= 0.3 is 0 Å². The van der Waals surface area contributed by atoms with Gasteiger partial charge in [0.25, 0.3) is 10.0 Å². The van der Waals surface area contributed by atoms with Gasteiger partial charge in [0.2, 0.25) is 0 Å². The highest BCUT2D eigenvalue weighted by atomic mass is 32.2. The molecule has 0 atom stereocenters. The van der Waals surface area contributed by atoms with Gasteiger partial charge in [0, 0.05) is 32.7 Å². The predicted molar refractivity (Wildman–Crippen MR) is 73.6 cm³/mol. The second-order valence-corrected chi connectivity index (χ2v) is 6.61. The molecule has 21 heavy (non-hydrogen) atoms. The van der Waals surface area contributed by atoms with E-state index in [1.807, 2.05) is 11.9 Å². The van der Waals surface area contributed by atoms with Crippen LogP contribution in [-0.4, -0.2) is 51.6 Å². The van der Waals surface area contributed by atoms with Gasteiger partial charge in [0.05, 0.1) is 0 Å². The predicted octanol–water partition coefficient (Wildman–Crippen LogP) is -0.136. The molecule has 1 aromatic rings. The number of hydrogen-bond acceptors (Lipinski definition) is 5. The van der Waals surface area contributed by atoms with Crippen LogP contribution in [0.2, 0.25) is 0 Å². The van der Waals surface area contributed by atoms with Crippen molar-refractivity contribution in [1.29, 1.82) is 0 Å². The highest BCUT2D eigenvalue weighted by molar-refractivity contribution is 7.89. The first-order valence-corrected chi connectivity index (χ1v) is 7.95. The van der Waals surface area contributed by atoms with Gasteiger partial charge in [-0.05, 0) is 24.7 Å². The van der Waals surface area contributed by atoms with Crippen LogP contribution in [0.1, 0.15) is 5.56 Å². The van der Waals surface area contributed by atoms with Crippen LogP contribution < -0.4 is 10.6 Å². The van der Waals surface area contributed by atoms with Crippen LogP contribution in [0.25, 0.3) is 0 Å². The Balaban J connectivity index is 2.25. The van der Waals surface area contributed by atoms with Crippen LogP contribution in [0.3, 0.4) is 0 Å². The molecule has 1 fully saturated rings. The molecule has 118 valence electrons. The number of likely N-dealkylation sites (N-methyl/N-ethyl adjacent to an activating group) is 1. The van der Waals surface area contributed by atoms with Crippen LogP contribution in [0.5, 0.6) is 0 Å². The summed E-state index contributed by atoms with van der Waals surface area (Å²) in [6, 6.07) is 1.95. The first kappa shape index (κ1) is 16.2. The van der Waals surface area contributed by atoms with Crippen molar-refractivity contribution in [3.63, 3.8) is 0 Å². The van der Waals surface area contributed by atoms with E-state index in [9.17, 15) is 17.2 Å². The molecule has 1 aromatic carbocycles. The van der Waals surface area contributed by atoms with Crippen molar-refractivity contribution in [3.05, 3.63) is 29.3 Å². The molecule has 1 saturated heterocycles. The molecule has 0 aromatic heterocycles. The molecule has 1 aliphatic heterocycles. The molecule has 2 rings (SSSR count). The number of halogens is 2. The lowest BCUT2D eigenvalue weighted by atomic mass is 10.2. The summed E-state index contributed by atoms with van der Waals surface area (Å²) in [6.07, 6.45) is 0. The van der Waals surface area contributed by atoms with Crippen LogP contribution in [0.4, 0.5) is 8.78 Å². The monoisotopic (exact) mass is 320 g/mol. The van der Waals surface area contributed by atoms with Gasteiger partial charge in [0.15, 0.2) is 11.6 Å². The van der Waals surface area contributed by atoms with Crippen molar-refractivity contribution in [2.75, 3.05) is 33.2 Å². The van der Waals surface area contributed by atoms with Crippen molar-refractivity contribution in [3.8, 4) is 0 Å². The Morgan fingerprint density at radius 3 is 2.43 bits per heavy atom. The lowest BCUT2D eigenvalue weighted by Crippen LogP contribution is -2.52. The van der Waals surface area contributed by atoms with E-state index in [0.717, 1.165) is 12.1 Å². The van der Waals surface area contributed by atoms with Crippen LogP contribution >= 0.6 is 0 Å². The Bertz CT molecular complexity index is 616. The molecule has 3 N–H and O–H groups in total. The van der Waals surface area contributed by atoms with E-state index < -0.39 is 26.6 Å². The van der Waals surface area contributed by atoms with Gasteiger partial charge in [-0.25, -0.2) is 22.2 Å². The Kier molecular flexibility index (Phi) is 4.89. The smallest absolute Gasteiger partial charge is 0.256 e. The molecule has 9 heteroatoms. The third-order valence-corrected chi connectivity index (χ3v) is 4.71. The van der Waals surface area contributed by atoms with Crippen LogP contribution in [-0.2, 0) is 16.6 Å². The molecule has 0 amide bonds. The Morgan fingerprint density at radius 2 is 1.86 bits per heavy atom. The Morgan fingerprint density at radius 1 is 1.24 bits per heavy atom. The number of hydrogen-bond donors (Lipinski definition) is 2. The molecule has 0 spiro atoms. The van der Waals surface area contributed by atoms with Gasteiger partial charge < -0.3 is 10.6 Å². The maximum Gasteiger partial charge on any atom is 0.256 e. The average Bonchev–Trinajstić information content (AvgIpc) is 2.43. The number of sulfonamides is 1. The standard InChI is InChI=1S/C12H18F2N4O2S/c1-17-2-4-18(5-3-17)16-21(19,20)11-7-9(8-15)6-10(13)12(11)14/h6-7,16H,2-5,8,15H2,1H3. The lowest BCUT2D eigenvalue weighted by molar-refractivity contribution is 0.134. The maximum atomic E-state index is 13.8. The SMILES string of the molecule is CN1CCN(NS(=O)(=O)c2cc(CN)cc(F)c2F)CC1. The van der Waals surface area contributed by atoms with Crippen molar-refractivity contribution in [1.82, 2.24) is 14.7 Å². The Hall–Kier alpha value is -1.13. The minimum absolute atomic E-state index is 0.0752. The number of nitrogens with one attached hydrogen (secondary N) is 1. The molecule has 0 unspecified atom stereocenters. The second kappa shape index (κ2) is 6.32. The summed E-state index contributed by atoms with van der Waals surface area (Å²) in [4.78, 5) is 3.60. The molecule has 0 aliphatic carbocycles. The molecular formula is C12H18F2N4O2S. The normalized spacial score (nSPS) is 18.1. The van der Waals surface area contributed by atoms with Crippen molar-refractivity contribution in [2.45, 2.75) is 11.4 Å². The highest BCUT2D eigenvalue weighted by Gasteiger charge is 2.26. The minimum atomic E-state index is -4.18. The van der Waals surface area contributed by atoms with Gasteiger partial charge in [-0.2, -0.15) is 0 Å². The number of hydrazine groups is 1. The fourth-order valence-corrected chi connectivity index (χ4v) is 3.31. The van der Waals surface area contributed by atoms with E-state index in [0.29, 0.717) is 26.2 Å². The zero-order chi connectivity index (χ0) is 15.6. The van der Waals surface area contributed by atoms with Crippen molar-refractivity contribution >= 4 is 10.0 Å². The topological polar surface area (TPSA) is 78.7 Å². The third-order valence-electron chi connectivity index (χ3n) is 3.33.